The molecule has 0 bridgehead atoms. The van der Waals surface area contributed by atoms with Crippen molar-refractivity contribution in [2.45, 2.75) is 44.6 Å². The molecule has 0 spiro atoms. The number of para-hydroxylation sites is 2. The van der Waals surface area contributed by atoms with Crippen molar-refractivity contribution in [2.24, 2.45) is 5.92 Å². The van der Waals surface area contributed by atoms with Crippen LogP contribution in [0.3, 0.4) is 0 Å². The molecular weight excluding hydrogens is 352 g/mol. The first-order chi connectivity index (χ1) is 13.7. The molecule has 1 aromatic carbocycles. The molecule has 28 heavy (non-hydrogen) atoms. The number of nitrogens with zero attached hydrogens (tertiary/aromatic N) is 2. The zero-order valence-electron chi connectivity index (χ0n) is 16.1. The van der Waals surface area contributed by atoms with Gasteiger partial charge >= 0.3 is 0 Å². The first kappa shape index (κ1) is 18.5. The summed E-state index contributed by atoms with van der Waals surface area (Å²) in [6, 6.07) is 11.8. The SMILES string of the molecule is COc1ncccc1C(=O)NC1CCCC(CCc2nc3ccccc3[nH]2)C1. The minimum Gasteiger partial charge on any atom is -0.480 e. The number of benzene rings is 1. The van der Waals surface area contributed by atoms with Gasteiger partial charge in [0.2, 0.25) is 5.88 Å². The summed E-state index contributed by atoms with van der Waals surface area (Å²) in [5.74, 6) is 1.92. The molecule has 146 valence electrons. The number of imidazole rings is 1. The maximum Gasteiger partial charge on any atom is 0.256 e. The van der Waals surface area contributed by atoms with E-state index >= 15 is 0 Å². The standard InChI is InChI=1S/C22H26N4O2/c1-28-22-17(8-5-13-23-22)21(27)24-16-7-4-6-15(14-16)11-12-20-25-18-9-2-3-10-19(18)26-20/h2-3,5,8-10,13,15-16H,4,6-7,11-12,14H2,1H3,(H,24,27)(H,25,26). The van der Waals surface area contributed by atoms with Crippen molar-refractivity contribution in [3.63, 3.8) is 0 Å². The van der Waals surface area contributed by atoms with Crippen LogP contribution in [0.4, 0.5) is 0 Å². The number of ether oxygens (including phenoxy) is 1. The van der Waals surface area contributed by atoms with Crippen molar-refractivity contribution < 1.29 is 9.53 Å². The highest BCUT2D eigenvalue weighted by molar-refractivity contribution is 5.96. The van der Waals surface area contributed by atoms with Crippen LogP contribution in [0.5, 0.6) is 5.88 Å². The summed E-state index contributed by atoms with van der Waals surface area (Å²) >= 11 is 0. The fourth-order valence-electron chi connectivity index (χ4n) is 4.14. The molecule has 2 heterocycles. The van der Waals surface area contributed by atoms with Gasteiger partial charge in [0.1, 0.15) is 11.4 Å². The first-order valence-electron chi connectivity index (χ1n) is 9.96. The normalized spacial score (nSPS) is 19.5. The van der Waals surface area contributed by atoms with Crippen molar-refractivity contribution in [1.29, 1.82) is 0 Å². The predicted molar refractivity (Wildman–Crippen MR) is 108 cm³/mol. The number of carbonyl (C=O) groups excluding carboxylic acids is 1. The van der Waals surface area contributed by atoms with Gasteiger partial charge in [0.25, 0.3) is 5.91 Å². The van der Waals surface area contributed by atoms with Crippen molar-refractivity contribution in [3.05, 3.63) is 54.0 Å². The first-order valence-corrected chi connectivity index (χ1v) is 9.96. The molecule has 2 unspecified atom stereocenters. The number of hydrogen-bond donors (Lipinski definition) is 2. The Labute approximate surface area is 164 Å². The fraction of sp³-hybridized carbons (Fsp3) is 0.409. The van der Waals surface area contributed by atoms with E-state index in [1.54, 1.807) is 18.3 Å². The molecule has 3 aromatic rings. The van der Waals surface area contributed by atoms with Crippen LogP contribution in [0.15, 0.2) is 42.6 Å². The molecule has 2 atom stereocenters. The minimum atomic E-state index is -0.104. The van der Waals surface area contributed by atoms with Gasteiger partial charge in [-0.3, -0.25) is 4.79 Å². The molecule has 1 amide bonds. The van der Waals surface area contributed by atoms with E-state index in [0.717, 1.165) is 49.0 Å². The van der Waals surface area contributed by atoms with Gasteiger partial charge in [-0.2, -0.15) is 0 Å². The Morgan fingerprint density at radius 1 is 1.25 bits per heavy atom. The van der Waals surface area contributed by atoms with E-state index in [0.29, 0.717) is 17.4 Å². The summed E-state index contributed by atoms with van der Waals surface area (Å²) in [6.45, 7) is 0. The van der Waals surface area contributed by atoms with Crippen LogP contribution in [-0.4, -0.2) is 34.0 Å². The van der Waals surface area contributed by atoms with Gasteiger partial charge in [-0.05, 0) is 49.4 Å². The lowest BCUT2D eigenvalue weighted by Crippen LogP contribution is -2.38. The van der Waals surface area contributed by atoms with E-state index in [2.05, 4.69) is 26.3 Å². The Morgan fingerprint density at radius 2 is 2.14 bits per heavy atom. The number of amides is 1. The Bertz CT molecular complexity index is 919. The summed E-state index contributed by atoms with van der Waals surface area (Å²) in [5, 5.41) is 3.18. The zero-order chi connectivity index (χ0) is 19.3. The van der Waals surface area contributed by atoms with Gasteiger partial charge in [0, 0.05) is 18.7 Å². The number of aromatic amines is 1. The number of fused-ring (bicyclic) bond motifs is 1. The largest absolute Gasteiger partial charge is 0.480 e. The highest BCUT2D eigenvalue weighted by Gasteiger charge is 2.25. The number of rotatable bonds is 6. The van der Waals surface area contributed by atoms with E-state index in [9.17, 15) is 4.79 Å². The van der Waals surface area contributed by atoms with Gasteiger partial charge in [0.05, 0.1) is 18.1 Å². The number of carbonyl (C=O) groups is 1. The summed E-state index contributed by atoms with van der Waals surface area (Å²) < 4.78 is 5.21. The van der Waals surface area contributed by atoms with Crippen LogP contribution < -0.4 is 10.1 Å². The van der Waals surface area contributed by atoms with E-state index < -0.39 is 0 Å². The Hall–Kier alpha value is -2.89. The number of hydrogen-bond acceptors (Lipinski definition) is 4. The molecule has 0 aliphatic heterocycles. The summed E-state index contributed by atoms with van der Waals surface area (Å²) in [7, 11) is 1.54. The van der Waals surface area contributed by atoms with Crippen molar-refractivity contribution in [2.75, 3.05) is 7.11 Å². The lowest BCUT2D eigenvalue weighted by molar-refractivity contribution is 0.0914. The third kappa shape index (κ3) is 4.16. The van der Waals surface area contributed by atoms with E-state index in [-0.39, 0.29) is 11.9 Å². The molecule has 1 aliphatic rings. The third-order valence-corrected chi connectivity index (χ3v) is 5.55. The highest BCUT2D eigenvalue weighted by Crippen LogP contribution is 2.28. The number of nitrogens with one attached hydrogen (secondary N) is 2. The quantitative estimate of drug-likeness (QED) is 0.682. The minimum absolute atomic E-state index is 0.104. The Kier molecular flexibility index (Phi) is 5.55. The molecule has 0 saturated heterocycles. The van der Waals surface area contributed by atoms with Crippen molar-refractivity contribution >= 4 is 16.9 Å². The second-order valence-corrected chi connectivity index (χ2v) is 7.50. The highest BCUT2D eigenvalue weighted by atomic mass is 16.5. The lowest BCUT2D eigenvalue weighted by Gasteiger charge is -2.29. The average molecular weight is 378 g/mol. The topological polar surface area (TPSA) is 79.9 Å². The van der Waals surface area contributed by atoms with Gasteiger partial charge in [-0.15, -0.1) is 0 Å². The smallest absolute Gasteiger partial charge is 0.256 e. The second-order valence-electron chi connectivity index (χ2n) is 7.50. The van der Waals surface area contributed by atoms with Gasteiger partial charge in [0.15, 0.2) is 0 Å². The molecule has 4 rings (SSSR count). The van der Waals surface area contributed by atoms with Crippen LogP contribution in [0, 0.1) is 5.92 Å². The van der Waals surface area contributed by atoms with Crippen molar-refractivity contribution in [3.8, 4) is 5.88 Å². The van der Waals surface area contributed by atoms with Gasteiger partial charge in [-0.25, -0.2) is 9.97 Å². The molecule has 2 aromatic heterocycles. The number of H-pyrrole nitrogens is 1. The molecule has 6 nitrogen and oxygen atoms in total. The summed E-state index contributed by atoms with van der Waals surface area (Å²) in [5.41, 5.74) is 2.61. The maximum absolute atomic E-state index is 12.6. The predicted octanol–water partition coefficient (Wildman–Crippen LogP) is 3.89. The molecule has 1 fully saturated rings. The van der Waals surface area contributed by atoms with E-state index in [1.165, 1.54) is 13.5 Å². The monoisotopic (exact) mass is 378 g/mol. The van der Waals surface area contributed by atoms with Gasteiger partial charge < -0.3 is 15.0 Å². The second kappa shape index (κ2) is 8.42. The molecule has 2 N–H and O–H groups in total. The average Bonchev–Trinajstić information content (AvgIpc) is 3.15. The van der Waals surface area contributed by atoms with Crippen molar-refractivity contribution in [1.82, 2.24) is 20.3 Å². The van der Waals surface area contributed by atoms with Crippen LogP contribution in [-0.2, 0) is 6.42 Å². The molecular formula is C22H26N4O2. The van der Waals surface area contributed by atoms with Crippen LogP contribution >= 0.6 is 0 Å². The van der Waals surface area contributed by atoms with Crippen LogP contribution in [0.25, 0.3) is 11.0 Å². The zero-order valence-corrected chi connectivity index (χ0v) is 16.1. The van der Waals surface area contributed by atoms with E-state index in [4.69, 9.17) is 4.74 Å². The summed E-state index contributed by atoms with van der Waals surface area (Å²) in [4.78, 5) is 24.8. The van der Waals surface area contributed by atoms with Crippen LogP contribution in [0.2, 0.25) is 0 Å². The molecule has 1 aliphatic carbocycles. The Balaban J connectivity index is 1.33. The number of pyridine rings is 1. The maximum atomic E-state index is 12.6. The lowest BCUT2D eigenvalue weighted by atomic mass is 9.83. The number of methoxy groups -OCH3 is 1. The van der Waals surface area contributed by atoms with Gasteiger partial charge in [-0.1, -0.05) is 25.0 Å². The summed E-state index contributed by atoms with van der Waals surface area (Å²) in [6.07, 6.45) is 8.04. The van der Waals surface area contributed by atoms with E-state index in [1.807, 2.05) is 18.2 Å². The van der Waals surface area contributed by atoms with Crippen LogP contribution in [0.1, 0.15) is 48.3 Å². The number of aryl methyl sites for hydroxylation is 1. The third-order valence-electron chi connectivity index (χ3n) is 5.55. The molecule has 1 saturated carbocycles. The Morgan fingerprint density at radius 3 is 3.00 bits per heavy atom. The number of aromatic nitrogens is 3. The fourth-order valence-corrected chi connectivity index (χ4v) is 4.14. The molecule has 6 heteroatoms. The molecule has 0 radical (unpaired) electrons.